The molecule has 2 aromatic rings. The molecule has 0 aliphatic carbocycles. The predicted octanol–water partition coefficient (Wildman–Crippen LogP) is 7.66. The summed E-state index contributed by atoms with van der Waals surface area (Å²) < 4.78 is 53.0. The van der Waals surface area contributed by atoms with Gasteiger partial charge < -0.3 is 0 Å². The molecule has 0 heterocycles. The molecule has 0 aliphatic heterocycles. The van der Waals surface area contributed by atoms with E-state index in [2.05, 4.69) is 23.1 Å². The van der Waals surface area contributed by atoms with Gasteiger partial charge in [-0.25, -0.2) is 9.98 Å². The van der Waals surface area contributed by atoms with Gasteiger partial charge in [-0.05, 0) is 24.3 Å². The molecule has 0 amide bonds. The first-order chi connectivity index (χ1) is 14.7. The zero-order valence-electron chi connectivity index (χ0n) is 16.5. The van der Waals surface area contributed by atoms with Gasteiger partial charge in [0.1, 0.15) is 6.07 Å². The van der Waals surface area contributed by atoms with Gasteiger partial charge in [0.05, 0.1) is 11.4 Å². The first kappa shape index (κ1) is 25.8. The van der Waals surface area contributed by atoms with Gasteiger partial charge in [0, 0.05) is 12.8 Å². The molecule has 0 spiro atoms. The van der Waals surface area contributed by atoms with Crippen molar-refractivity contribution in [3.63, 3.8) is 0 Å². The Bertz CT molecular complexity index is 950. The maximum absolute atomic E-state index is 13.3. The van der Waals surface area contributed by atoms with E-state index in [9.17, 15) is 17.6 Å². The van der Waals surface area contributed by atoms with Gasteiger partial charge in [0.25, 0.3) is 0 Å². The van der Waals surface area contributed by atoms with Crippen molar-refractivity contribution in [2.45, 2.75) is 24.7 Å². The Hall–Kier alpha value is -3.24. The van der Waals surface area contributed by atoms with E-state index in [1.807, 2.05) is 0 Å². The summed E-state index contributed by atoms with van der Waals surface area (Å²) in [4.78, 5) is 7.26. The molecule has 2 aromatic carbocycles. The average Bonchev–Trinajstić information content (AvgIpc) is 2.73. The van der Waals surface area contributed by atoms with Crippen LogP contribution in [-0.4, -0.2) is 22.7 Å². The normalized spacial score (nSPS) is 12.3. The molecule has 0 fully saturated rings. The molecule has 0 saturated heterocycles. The zero-order chi connectivity index (χ0) is 23.3. The molecular weight excluding hydrogens is 430 g/mol. The summed E-state index contributed by atoms with van der Waals surface area (Å²) in [7, 11) is 0. The lowest BCUT2D eigenvalue weighted by atomic mass is 10.1. The number of para-hydroxylation sites is 2. The molecule has 8 heteroatoms. The van der Waals surface area contributed by atoms with Gasteiger partial charge in [0.2, 0.25) is 0 Å². The third-order valence-corrected chi connectivity index (χ3v) is 3.90. The van der Waals surface area contributed by atoms with Crippen LogP contribution in [0, 0.1) is 11.3 Å². The minimum absolute atomic E-state index is 0.336. The SMILES string of the molecule is C=CCC(F)(F)C(C#N)=Nc1ccccc1.C=CCC(F)(F)C(Cl)=Nc1ccccc1. The Morgan fingerprint density at radius 1 is 0.839 bits per heavy atom. The minimum Gasteiger partial charge on any atom is -0.236 e. The molecule has 0 aliphatic rings. The monoisotopic (exact) mass is 449 g/mol. The first-order valence-electron chi connectivity index (χ1n) is 8.97. The molecule has 2 rings (SSSR count). The van der Waals surface area contributed by atoms with E-state index in [1.165, 1.54) is 6.07 Å². The first-order valence-corrected chi connectivity index (χ1v) is 9.35. The number of hydrogen-bond acceptors (Lipinski definition) is 3. The molecule has 0 saturated carbocycles. The van der Waals surface area contributed by atoms with Crippen molar-refractivity contribution in [2.24, 2.45) is 9.98 Å². The van der Waals surface area contributed by atoms with Crippen LogP contribution in [0.1, 0.15) is 12.8 Å². The van der Waals surface area contributed by atoms with Crippen molar-refractivity contribution in [3.05, 3.63) is 86.0 Å². The summed E-state index contributed by atoms with van der Waals surface area (Å²) in [6.45, 7) is 6.47. The number of allylic oxidation sites excluding steroid dienone is 2. The zero-order valence-corrected chi connectivity index (χ0v) is 17.2. The molecule has 0 unspecified atom stereocenters. The highest BCUT2D eigenvalue weighted by Crippen LogP contribution is 2.26. The summed E-state index contributed by atoms with van der Waals surface area (Å²) in [5.74, 6) is -6.40. The summed E-state index contributed by atoms with van der Waals surface area (Å²) in [5, 5.41) is 7.94. The van der Waals surface area contributed by atoms with E-state index < -0.39 is 35.6 Å². The molecule has 3 nitrogen and oxygen atoms in total. The third kappa shape index (κ3) is 8.97. The lowest BCUT2D eigenvalue weighted by molar-refractivity contribution is 0.0832. The number of aliphatic imine (C=N–C) groups is 2. The van der Waals surface area contributed by atoms with Crippen molar-refractivity contribution in [3.8, 4) is 6.07 Å². The Kier molecular flexibility index (Phi) is 10.4. The highest BCUT2D eigenvalue weighted by Gasteiger charge is 2.35. The summed E-state index contributed by atoms with van der Waals surface area (Å²) in [6.07, 6.45) is 1.08. The number of nitriles is 1. The Morgan fingerprint density at radius 3 is 1.68 bits per heavy atom. The fourth-order valence-electron chi connectivity index (χ4n) is 2.06. The van der Waals surface area contributed by atoms with Crippen molar-refractivity contribution >= 4 is 33.9 Å². The number of hydrogen-bond donors (Lipinski definition) is 0. The molecule has 162 valence electrons. The average molecular weight is 450 g/mol. The maximum atomic E-state index is 13.3. The van der Waals surface area contributed by atoms with Gasteiger partial charge in [-0.15, -0.1) is 13.2 Å². The Balaban J connectivity index is 0.000000311. The molecule has 0 bridgehead atoms. The van der Waals surface area contributed by atoms with E-state index in [1.54, 1.807) is 60.7 Å². The van der Waals surface area contributed by atoms with Gasteiger partial charge in [-0.2, -0.15) is 22.8 Å². The van der Waals surface area contributed by atoms with Crippen LogP contribution in [0.2, 0.25) is 0 Å². The predicted molar refractivity (Wildman–Crippen MR) is 118 cm³/mol. The van der Waals surface area contributed by atoms with Crippen LogP contribution in [0.25, 0.3) is 0 Å². The van der Waals surface area contributed by atoms with Crippen molar-refractivity contribution < 1.29 is 17.6 Å². The number of rotatable bonds is 8. The van der Waals surface area contributed by atoms with Crippen LogP contribution in [0.3, 0.4) is 0 Å². The maximum Gasteiger partial charge on any atom is 0.303 e. The second-order valence-corrected chi connectivity index (χ2v) is 6.40. The smallest absolute Gasteiger partial charge is 0.236 e. The van der Waals surface area contributed by atoms with Crippen molar-refractivity contribution in [1.82, 2.24) is 0 Å². The van der Waals surface area contributed by atoms with Gasteiger partial charge in [-0.1, -0.05) is 60.2 Å². The van der Waals surface area contributed by atoms with Crippen LogP contribution in [0.5, 0.6) is 0 Å². The standard InChI is InChI=1S/C12H10F2N2.C11H10ClF2N/c1-2-8-12(13,14)11(9-15)16-10-6-4-3-5-7-10;1-2-8-11(13,14)10(12)15-9-6-4-3-5-7-9/h2-7H,1,8H2;2-7H,1,8H2. The molecule has 0 aromatic heterocycles. The number of nitrogens with zero attached hydrogens (tertiary/aromatic N) is 3. The van der Waals surface area contributed by atoms with E-state index in [4.69, 9.17) is 16.9 Å². The van der Waals surface area contributed by atoms with Crippen LogP contribution in [0.15, 0.2) is 96.0 Å². The van der Waals surface area contributed by atoms with Crippen LogP contribution >= 0.6 is 11.6 Å². The van der Waals surface area contributed by atoms with Crippen LogP contribution in [-0.2, 0) is 0 Å². The summed E-state index contributed by atoms with van der Waals surface area (Å²) >= 11 is 5.44. The van der Waals surface area contributed by atoms with Gasteiger partial charge in [-0.3, -0.25) is 0 Å². The number of alkyl halides is 4. The van der Waals surface area contributed by atoms with Crippen molar-refractivity contribution in [1.29, 1.82) is 5.26 Å². The highest BCUT2D eigenvalue weighted by molar-refractivity contribution is 6.67. The summed E-state index contributed by atoms with van der Waals surface area (Å²) in [6, 6.07) is 18.0. The second-order valence-electron chi connectivity index (χ2n) is 6.04. The molecule has 0 radical (unpaired) electrons. The molecule has 0 atom stereocenters. The van der Waals surface area contributed by atoms with Crippen LogP contribution in [0.4, 0.5) is 28.9 Å². The van der Waals surface area contributed by atoms with E-state index in [0.717, 1.165) is 12.2 Å². The largest absolute Gasteiger partial charge is 0.303 e. The van der Waals surface area contributed by atoms with E-state index >= 15 is 0 Å². The fourth-order valence-corrected chi connectivity index (χ4v) is 2.24. The lowest BCUT2D eigenvalue weighted by Gasteiger charge is -2.11. The van der Waals surface area contributed by atoms with Crippen molar-refractivity contribution in [2.75, 3.05) is 0 Å². The Morgan fingerprint density at radius 2 is 1.26 bits per heavy atom. The number of benzene rings is 2. The second kappa shape index (κ2) is 12.5. The van der Waals surface area contributed by atoms with E-state index in [0.29, 0.717) is 11.4 Å². The van der Waals surface area contributed by atoms with E-state index in [-0.39, 0.29) is 0 Å². The van der Waals surface area contributed by atoms with Crippen LogP contribution < -0.4 is 0 Å². The van der Waals surface area contributed by atoms with Gasteiger partial charge >= 0.3 is 11.8 Å². The third-order valence-electron chi connectivity index (χ3n) is 3.54. The lowest BCUT2D eigenvalue weighted by Crippen LogP contribution is -2.26. The Labute approximate surface area is 183 Å². The highest BCUT2D eigenvalue weighted by atomic mass is 35.5. The van der Waals surface area contributed by atoms with Gasteiger partial charge in [0.15, 0.2) is 10.9 Å². The molecule has 0 N–H and O–H groups in total. The molecular formula is C23H20ClF4N3. The topological polar surface area (TPSA) is 48.5 Å². The molecule has 31 heavy (non-hydrogen) atoms. The minimum atomic E-state index is -3.26. The summed E-state index contributed by atoms with van der Waals surface area (Å²) in [5.41, 5.74) is -0.0485. The fraction of sp³-hybridized carbons (Fsp3) is 0.174. The quantitative estimate of drug-likeness (QED) is 0.232. The number of halogens is 5.